The highest BCUT2D eigenvalue weighted by Gasteiger charge is 2.20. The predicted octanol–water partition coefficient (Wildman–Crippen LogP) is 4.80. The first kappa shape index (κ1) is 21.9. The third-order valence-corrected chi connectivity index (χ3v) is 6.14. The van der Waals surface area contributed by atoms with Crippen LogP contribution < -0.4 is 5.32 Å². The van der Waals surface area contributed by atoms with E-state index >= 15 is 0 Å². The molecule has 0 saturated carbocycles. The van der Waals surface area contributed by atoms with E-state index in [0.717, 1.165) is 17.0 Å². The Hall–Kier alpha value is -3.89. The summed E-state index contributed by atoms with van der Waals surface area (Å²) in [5.41, 5.74) is 2.91. The van der Waals surface area contributed by atoms with E-state index in [2.05, 4.69) is 25.6 Å². The van der Waals surface area contributed by atoms with Crippen molar-refractivity contribution in [3.05, 3.63) is 84.3 Å². The molecule has 0 bridgehead atoms. The number of rotatable bonds is 7. The number of para-hydroxylation sites is 1. The minimum Gasteiger partial charge on any atom is -0.469 e. The fourth-order valence-electron chi connectivity index (χ4n) is 3.42. The molecular weight excluding hydrogens is 474 g/mol. The molecule has 3 aromatic heterocycles. The maximum Gasteiger partial charge on any atom is 0.234 e. The number of nitrogens with zero attached hydrogens (tertiary/aromatic N) is 6. The standard InChI is InChI=1S/C23H18ClN7O2S/c1-15-18(9-10-33-15)22-28-29-23(31(22)17-5-3-2-4-6-17)34-12-21(32)27-19-11-16(24)7-8-20(19)30-14-25-13-26-30/h2-11,13-14H,12H2,1H3,(H,27,32). The van der Waals surface area contributed by atoms with E-state index in [1.165, 1.54) is 18.1 Å². The number of furan rings is 1. The zero-order chi connectivity index (χ0) is 23.5. The van der Waals surface area contributed by atoms with Crippen LogP contribution in [-0.4, -0.2) is 41.2 Å². The third kappa shape index (κ3) is 4.45. The largest absolute Gasteiger partial charge is 0.469 e. The number of amides is 1. The minimum atomic E-state index is -0.225. The maximum atomic E-state index is 12.9. The SMILES string of the molecule is Cc1occc1-c1nnc(SCC(=O)Nc2cc(Cl)ccc2-n2cncn2)n1-c1ccccc1. The molecule has 0 aliphatic heterocycles. The predicted molar refractivity (Wildman–Crippen MR) is 130 cm³/mol. The molecule has 9 nitrogen and oxygen atoms in total. The lowest BCUT2D eigenvalue weighted by molar-refractivity contribution is -0.113. The summed E-state index contributed by atoms with van der Waals surface area (Å²) in [6.07, 6.45) is 4.59. The van der Waals surface area contributed by atoms with Crippen LogP contribution in [0.25, 0.3) is 22.8 Å². The van der Waals surface area contributed by atoms with Crippen molar-refractivity contribution in [3.8, 4) is 22.8 Å². The van der Waals surface area contributed by atoms with E-state index in [0.29, 0.717) is 27.4 Å². The van der Waals surface area contributed by atoms with Crippen LogP contribution in [0.1, 0.15) is 5.76 Å². The molecule has 5 rings (SSSR count). The van der Waals surface area contributed by atoms with Crippen LogP contribution in [-0.2, 0) is 4.79 Å². The molecule has 0 unspecified atom stereocenters. The zero-order valence-corrected chi connectivity index (χ0v) is 19.5. The fraction of sp³-hybridized carbons (Fsp3) is 0.0870. The first-order valence-electron chi connectivity index (χ1n) is 10.2. The summed E-state index contributed by atoms with van der Waals surface area (Å²) >= 11 is 7.44. The number of halogens is 1. The van der Waals surface area contributed by atoms with Crippen molar-refractivity contribution in [1.82, 2.24) is 29.5 Å². The van der Waals surface area contributed by atoms with E-state index in [1.54, 1.807) is 35.5 Å². The molecule has 0 aliphatic carbocycles. The van der Waals surface area contributed by atoms with Gasteiger partial charge in [0.15, 0.2) is 11.0 Å². The average molecular weight is 492 g/mol. The summed E-state index contributed by atoms with van der Waals surface area (Å²) in [5.74, 6) is 1.26. The lowest BCUT2D eigenvalue weighted by Gasteiger charge is -2.12. The Kier molecular flexibility index (Phi) is 6.15. The second kappa shape index (κ2) is 9.54. The summed E-state index contributed by atoms with van der Waals surface area (Å²) in [7, 11) is 0. The van der Waals surface area contributed by atoms with Gasteiger partial charge in [-0.05, 0) is 43.3 Å². The molecule has 3 heterocycles. The van der Waals surface area contributed by atoms with E-state index < -0.39 is 0 Å². The maximum absolute atomic E-state index is 12.9. The van der Waals surface area contributed by atoms with Gasteiger partial charge in [0.2, 0.25) is 5.91 Å². The van der Waals surface area contributed by atoms with Gasteiger partial charge >= 0.3 is 0 Å². The highest BCUT2D eigenvalue weighted by molar-refractivity contribution is 7.99. The number of carbonyl (C=O) groups excluding carboxylic acids is 1. The molecule has 0 fully saturated rings. The van der Waals surface area contributed by atoms with Gasteiger partial charge in [0.25, 0.3) is 0 Å². The molecule has 0 aliphatic rings. The third-order valence-electron chi connectivity index (χ3n) is 4.98. The molecule has 1 N–H and O–H groups in total. The van der Waals surface area contributed by atoms with Crippen LogP contribution in [0.2, 0.25) is 5.02 Å². The molecule has 0 saturated heterocycles. The Bertz CT molecular complexity index is 1430. The first-order valence-corrected chi connectivity index (χ1v) is 11.6. The second-order valence-corrected chi connectivity index (χ2v) is 8.58. The molecule has 0 atom stereocenters. The topological polar surface area (TPSA) is 104 Å². The van der Waals surface area contributed by atoms with Crippen molar-refractivity contribution >= 4 is 35.0 Å². The minimum absolute atomic E-state index is 0.110. The molecule has 11 heteroatoms. The molecule has 2 aromatic carbocycles. The van der Waals surface area contributed by atoms with Gasteiger partial charge in [0.05, 0.1) is 29.0 Å². The molecule has 5 aromatic rings. The van der Waals surface area contributed by atoms with E-state index in [1.807, 2.05) is 47.9 Å². The van der Waals surface area contributed by atoms with E-state index in [-0.39, 0.29) is 11.7 Å². The van der Waals surface area contributed by atoms with Crippen molar-refractivity contribution in [1.29, 1.82) is 0 Å². The Morgan fingerprint density at radius 1 is 1.15 bits per heavy atom. The number of hydrogen-bond donors (Lipinski definition) is 1. The summed E-state index contributed by atoms with van der Waals surface area (Å²) in [6.45, 7) is 1.87. The normalized spacial score (nSPS) is 11.0. The summed E-state index contributed by atoms with van der Waals surface area (Å²) in [6, 6.07) is 16.8. The van der Waals surface area contributed by atoms with Crippen LogP contribution in [0.15, 0.2) is 83.1 Å². The molecule has 34 heavy (non-hydrogen) atoms. The van der Waals surface area contributed by atoms with Crippen LogP contribution in [0.3, 0.4) is 0 Å². The van der Waals surface area contributed by atoms with Gasteiger partial charge in [0.1, 0.15) is 18.4 Å². The Morgan fingerprint density at radius 3 is 2.74 bits per heavy atom. The van der Waals surface area contributed by atoms with Crippen molar-refractivity contribution in [3.63, 3.8) is 0 Å². The second-order valence-electron chi connectivity index (χ2n) is 7.21. The number of carbonyl (C=O) groups is 1. The summed E-state index contributed by atoms with van der Waals surface area (Å²) in [5, 5.41) is 16.9. The van der Waals surface area contributed by atoms with Gasteiger partial charge in [0, 0.05) is 10.7 Å². The van der Waals surface area contributed by atoms with E-state index in [4.69, 9.17) is 16.0 Å². The van der Waals surface area contributed by atoms with Crippen LogP contribution >= 0.6 is 23.4 Å². The lowest BCUT2D eigenvalue weighted by atomic mass is 10.2. The van der Waals surface area contributed by atoms with Gasteiger partial charge in [-0.1, -0.05) is 41.6 Å². The molecule has 0 spiro atoms. The van der Waals surface area contributed by atoms with Gasteiger partial charge in [-0.15, -0.1) is 10.2 Å². The van der Waals surface area contributed by atoms with Crippen molar-refractivity contribution in [2.45, 2.75) is 12.1 Å². The smallest absolute Gasteiger partial charge is 0.234 e. The first-order chi connectivity index (χ1) is 16.6. The summed E-state index contributed by atoms with van der Waals surface area (Å²) in [4.78, 5) is 16.8. The number of anilines is 1. The number of benzene rings is 2. The highest BCUT2D eigenvalue weighted by Crippen LogP contribution is 2.30. The number of hydrogen-bond acceptors (Lipinski definition) is 7. The number of aryl methyl sites for hydroxylation is 1. The molecule has 170 valence electrons. The Labute approximate surface area is 203 Å². The van der Waals surface area contributed by atoms with Crippen LogP contribution in [0, 0.1) is 6.92 Å². The quantitative estimate of drug-likeness (QED) is 0.326. The van der Waals surface area contributed by atoms with Crippen molar-refractivity contribution in [2.24, 2.45) is 0 Å². The Balaban J connectivity index is 1.39. The number of nitrogens with one attached hydrogen (secondary N) is 1. The summed E-state index contributed by atoms with van der Waals surface area (Å²) < 4.78 is 8.93. The van der Waals surface area contributed by atoms with Gasteiger partial charge < -0.3 is 9.73 Å². The molecule has 0 radical (unpaired) electrons. The van der Waals surface area contributed by atoms with Crippen molar-refractivity contribution < 1.29 is 9.21 Å². The lowest BCUT2D eigenvalue weighted by Crippen LogP contribution is -2.16. The monoisotopic (exact) mass is 491 g/mol. The number of aromatic nitrogens is 6. The van der Waals surface area contributed by atoms with Gasteiger partial charge in [-0.2, -0.15) is 5.10 Å². The molecular formula is C23H18ClN7O2S. The van der Waals surface area contributed by atoms with Crippen LogP contribution in [0.5, 0.6) is 0 Å². The molecule has 1 amide bonds. The van der Waals surface area contributed by atoms with Gasteiger partial charge in [-0.3, -0.25) is 9.36 Å². The van der Waals surface area contributed by atoms with E-state index in [9.17, 15) is 4.79 Å². The fourth-order valence-corrected chi connectivity index (χ4v) is 4.35. The number of thioether (sulfide) groups is 1. The Morgan fingerprint density at radius 2 is 2.00 bits per heavy atom. The zero-order valence-electron chi connectivity index (χ0n) is 17.9. The average Bonchev–Trinajstić information content (AvgIpc) is 3.59. The van der Waals surface area contributed by atoms with Crippen LogP contribution in [0.4, 0.5) is 5.69 Å². The van der Waals surface area contributed by atoms with Crippen molar-refractivity contribution in [2.75, 3.05) is 11.1 Å². The highest BCUT2D eigenvalue weighted by atomic mass is 35.5. The van der Waals surface area contributed by atoms with Gasteiger partial charge in [-0.25, -0.2) is 9.67 Å².